The standard InChI is InChI=1S/C30H47NO10/c1-15(2)19(8)28(34)37-14-18(7)25(26(31)27(32)33)22-11-12-23(40-29(35)38-20(9)16(3)4)24(13-22)41-30(36)39-21(10)17(5)6/h11-13,15-21,25-26H,14,31H2,1-10H3,(H,32,33)/t18?,19?,20?,21?,25?,26-/m0/s1. The van der Waals surface area contributed by atoms with Crippen LogP contribution in [0.3, 0.4) is 0 Å². The summed E-state index contributed by atoms with van der Waals surface area (Å²) in [4.78, 5) is 49.4. The average Bonchev–Trinajstić information content (AvgIpc) is 2.87. The molecule has 11 nitrogen and oxygen atoms in total. The molecule has 0 bridgehead atoms. The third-order valence-corrected chi connectivity index (χ3v) is 7.33. The van der Waals surface area contributed by atoms with E-state index in [9.17, 15) is 24.3 Å². The first-order valence-electron chi connectivity index (χ1n) is 14.0. The summed E-state index contributed by atoms with van der Waals surface area (Å²) in [5.74, 6) is -3.67. The predicted octanol–water partition coefficient (Wildman–Crippen LogP) is 5.77. The van der Waals surface area contributed by atoms with Crippen molar-refractivity contribution in [2.24, 2.45) is 35.3 Å². The number of rotatable bonds is 14. The lowest BCUT2D eigenvalue weighted by molar-refractivity contribution is -0.151. The summed E-state index contributed by atoms with van der Waals surface area (Å²) in [5, 5.41) is 9.75. The lowest BCUT2D eigenvalue weighted by Gasteiger charge is -2.28. The minimum absolute atomic E-state index is 0.0111. The number of esters is 1. The van der Waals surface area contributed by atoms with Crippen molar-refractivity contribution in [2.45, 2.75) is 93.4 Å². The van der Waals surface area contributed by atoms with Gasteiger partial charge in [-0.15, -0.1) is 0 Å². The van der Waals surface area contributed by atoms with E-state index < -0.39 is 54.3 Å². The number of carboxylic acid groups (broad SMARTS) is 1. The van der Waals surface area contributed by atoms with Crippen molar-refractivity contribution in [3.63, 3.8) is 0 Å². The zero-order chi connectivity index (χ0) is 31.6. The third-order valence-electron chi connectivity index (χ3n) is 7.33. The molecule has 0 saturated heterocycles. The van der Waals surface area contributed by atoms with E-state index >= 15 is 0 Å². The Hall–Kier alpha value is -3.34. The van der Waals surface area contributed by atoms with Crippen molar-refractivity contribution in [3.05, 3.63) is 23.8 Å². The van der Waals surface area contributed by atoms with Gasteiger partial charge < -0.3 is 34.5 Å². The first-order valence-corrected chi connectivity index (χ1v) is 14.0. The van der Waals surface area contributed by atoms with Gasteiger partial charge in [-0.3, -0.25) is 9.59 Å². The Morgan fingerprint density at radius 1 is 0.756 bits per heavy atom. The fraction of sp³-hybridized carbons (Fsp3) is 0.667. The summed E-state index contributed by atoms with van der Waals surface area (Å²) in [7, 11) is 0. The maximum Gasteiger partial charge on any atom is 0.514 e. The van der Waals surface area contributed by atoms with Crippen LogP contribution in [0.2, 0.25) is 0 Å². The zero-order valence-electron chi connectivity index (χ0n) is 25.8. The highest BCUT2D eigenvalue weighted by atomic mass is 16.7. The zero-order valence-corrected chi connectivity index (χ0v) is 25.8. The summed E-state index contributed by atoms with van der Waals surface area (Å²) < 4.78 is 26.8. The van der Waals surface area contributed by atoms with E-state index in [1.54, 1.807) is 27.7 Å². The molecule has 0 aromatic heterocycles. The second-order valence-electron chi connectivity index (χ2n) is 11.6. The fourth-order valence-electron chi connectivity index (χ4n) is 3.46. The molecule has 6 atom stereocenters. The Labute approximate surface area is 243 Å². The molecule has 11 heteroatoms. The average molecular weight is 582 g/mol. The number of hydrogen-bond acceptors (Lipinski definition) is 10. The van der Waals surface area contributed by atoms with Gasteiger partial charge >= 0.3 is 24.2 Å². The van der Waals surface area contributed by atoms with E-state index in [2.05, 4.69) is 0 Å². The molecule has 1 aromatic rings. The maximum atomic E-state index is 12.6. The molecule has 232 valence electrons. The summed E-state index contributed by atoms with van der Waals surface area (Å²) in [6, 6.07) is 2.83. The third kappa shape index (κ3) is 11.2. The van der Waals surface area contributed by atoms with Crippen molar-refractivity contribution in [2.75, 3.05) is 6.61 Å². The predicted molar refractivity (Wildman–Crippen MR) is 152 cm³/mol. The van der Waals surface area contributed by atoms with Crippen LogP contribution in [0.25, 0.3) is 0 Å². The molecule has 1 rings (SSSR count). The Bertz CT molecular complexity index is 1040. The summed E-state index contributed by atoms with van der Waals surface area (Å²) in [6.07, 6.45) is -2.96. The van der Waals surface area contributed by atoms with Gasteiger partial charge in [-0.05, 0) is 55.2 Å². The molecule has 3 N–H and O–H groups in total. The van der Waals surface area contributed by atoms with Gasteiger partial charge in [-0.25, -0.2) is 9.59 Å². The Morgan fingerprint density at radius 2 is 1.24 bits per heavy atom. The van der Waals surface area contributed by atoms with E-state index in [1.165, 1.54) is 18.2 Å². The van der Waals surface area contributed by atoms with Crippen LogP contribution < -0.4 is 15.2 Å². The topological polar surface area (TPSA) is 161 Å². The number of carboxylic acids is 1. The lowest BCUT2D eigenvalue weighted by Crippen LogP contribution is -2.41. The van der Waals surface area contributed by atoms with Crippen molar-refractivity contribution in [1.82, 2.24) is 0 Å². The minimum Gasteiger partial charge on any atom is -0.480 e. The molecule has 0 fully saturated rings. The largest absolute Gasteiger partial charge is 0.514 e. The molecular formula is C30H47NO10. The molecule has 0 spiro atoms. The first kappa shape index (κ1) is 35.7. The van der Waals surface area contributed by atoms with E-state index in [-0.39, 0.29) is 41.8 Å². The highest BCUT2D eigenvalue weighted by molar-refractivity contribution is 5.75. The van der Waals surface area contributed by atoms with Crippen LogP contribution in [0.1, 0.15) is 80.7 Å². The van der Waals surface area contributed by atoms with Crippen LogP contribution in [0.15, 0.2) is 18.2 Å². The molecule has 41 heavy (non-hydrogen) atoms. The maximum absolute atomic E-state index is 12.6. The summed E-state index contributed by atoms with van der Waals surface area (Å²) >= 11 is 0. The number of ether oxygens (including phenoxy) is 5. The molecule has 5 unspecified atom stereocenters. The number of hydrogen-bond donors (Lipinski definition) is 2. The van der Waals surface area contributed by atoms with Gasteiger partial charge in [0, 0.05) is 5.92 Å². The van der Waals surface area contributed by atoms with Crippen molar-refractivity contribution in [3.8, 4) is 11.5 Å². The van der Waals surface area contributed by atoms with Gasteiger partial charge in [-0.1, -0.05) is 61.5 Å². The van der Waals surface area contributed by atoms with Gasteiger partial charge in [0.05, 0.1) is 12.5 Å². The normalized spacial score (nSPS) is 15.9. The Kier molecular flexibility index (Phi) is 14.1. The van der Waals surface area contributed by atoms with Gasteiger partial charge in [0.1, 0.15) is 18.2 Å². The van der Waals surface area contributed by atoms with E-state index in [0.29, 0.717) is 5.56 Å². The SMILES string of the molecule is CC(C)C(C)OC(=O)Oc1ccc(C(C(C)COC(=O)C(C)C(C)C)[C@H](N)C(=O)O)cc1OC(=O)OC(C)C(C)C. The second-order valence-corrected chi connectivity index (χ2v) is 11.6. The lowest BCUT2D eigenvalue weighted by atomic mass is 9.82. The van der Waals surface area contributed by atoms with Crippen molar-refractivity contribution in [1.29, 1.82) is 0 Å². The Balaban J connectivity index is 3.42. The first-order chi connectivity index (χ1) is 19.0. The highest BCUT2D eigenvalue weighted by Crippen LogP contribution is 2.36. The van der Waals surface area contributed by atoms with Crippen molar-refractivity contribution < 1.29 is 48.0 Å². The van der Waals surface area contributed by atoms with Gasteiger partial charge in [0.25, 0.3) is 0 Å². The van der Waals surface area contributed by atoms with E-state index in [0.717, 1.165) is 0 Å². The minimum atomic E-state index is -1.39. The van der Waals surface area contributed by atoms with Crippen molar-refractivity contribution >= 4 is 24.2 Å². The van der Waals surface area contributed by atoms with Crippen LogP contribution >= 0.6 is 0 Å². The van der Waals surface area contributed by atoms with E-state index in [4.69, 9.17) is 29.4 Å². The molecule has 1 aromatic carbocycles. The second kappa shape index (κ2) is 16.2. The molecule has 0 aliphatic rings. The number of aliphatic carboxylic acids is 1. The molecule has 0 aliphatic heterocycles. The summed E-state index contributed by atoms with van der Waals surface area (Å²) in [6.45, 7) is 18.1. The highest BCUT2D eigenvalue weighted by Gasteiger charge is 2.33. The number of nitrogens with two attached hydrogens (primary N) is 1. The van der Waals surface area contributed by atoms with E-state index in [1.807, 2.05) is 41.5 Å². The van der Waals surface area contributed by atoms with Gasteiger partial charge in [-0.2, -0.15) is 0 Å². The van der Waals surface area contributed by atoms with Crippen LogP contribution in [0.4, 0.5) is 9.59 Å². The Morgan fingerprint density at radius 3 is 1.68 bits per heavy atom. The van der Waals surface area contributed by atoms with Crippen LogP contribution in [0, 0.1) is 29.6 Å². The van der Waals surface area contributed by atoms with Crippen LogP contribution in [-0.4, -0.2) is 54.2 Å². The number of carbonyl (C=O) groups is 4. The quantitative estimate of drug-likeness (QED) is 0.156. The van der Waals surface area contributed by atoms with Gasteiger partial charge in [0.2, 0.25) is 0 Å². The number of benzene rings is 1. The molecule has 0 amide bonds. The molecule has 0 saturated carbocycles. The molecular weight excluding hydrogens is 534 g/mol. The fourth-order valence-corrected chi connectivity index (χ4v) is 3.46. The number of carbonyl (C=O) groups excluding carboxylic acids is 3. The molecule has 0 heterocycles. The monoisotopic (exact) mass is 581 g/mol. The van der Waals surface area contributed by atoms with Crippen LogP contribution in [-0.2, 0) is 23.8 Å². The smallest absolute Gasteiger partial charge is 0.480 e. The molecule has 0 aliphatic carbocycles. The molecule has 0 radical (unpaired) electrons. The van der Waals surface area contributed by atoms with Crippen LogP contribution in [0.5, 0.6) is 11.5 Å². The summed E-state index contributed by atoms with van der Waals surface area (Å²) in [5.41, 5.74) is 6.44. The van der Waals surface area contributed by atoms with Gasteiger partial charge in [0.15, 0.2) is 11.5 Å².